The molecule has 0 radical (unpaired) electrons. The highest BCUT2D eigenvalue weighted by molar-refractivity contribution is 5.64. The molecule has 0 fully saturated rings. The summed E-state index contributed by atoms with van der Waals surface area (Å²) in [6.45, 7) is 2.19. The first-order valence-corrected chi connectivity index (χ1v) is 8.47. The predicted octanol–water partition coefficient (Wildman–Crippen LogP) is 5.28. The summed E-state index contributed by atoms with van der Waals surface area (Å²) in [7, 11) is 1.69. The molecule has 2 aromatic carbocycles. The molecule has 0 aliphatic rings. The van der Waals surface area contributed by atoms with Crippen LogP contribution in [0.25, 0.3) is 11.3 Å². The van der Waals surface area contributed by atoms with Gasteiger partial charge < -0.3 is 9.26 Å². The van der Waals surface area contributed by atoms with E-state index in [9.17, 15) is 0 Å². The van der Waals surface area contributed by atoms with Crippen molar-refractivity contribution >= 4 is 0 Å². The average molecular weight is 321 g/mol. The van der Waals surface area contributed by atoms with Gasteiger partial charge in [0.15, 0.2) is 0 Å². The van der Waals surface area contributed by atoms with Crippen LogP contribution in [0.3, 0.4) is 0 Å². The topological polar surface area (TPSA) is 35.3 Å². The number of benzene rings is 2. The van der Waals surface area contributed by atoms with Crippen LogP contribution in [0.1, 0.15) is 36.7 Å². The standard InChI is InChI=1S/C21H23NO2/c1-3-4-10-20-19(15-16-11-13-18(23-2)14-12-16)21(22-24-20)17-8-6-5-7-9-17/h5-9,11-14H,3-4,10,15H2,1-2H3. The van der Waals surface area contributed by atoms with Gasteiger partial charge in [-0.15, -0.1) is 0 Å². The molecule has 0 bridgehead atoms. The molecule has 0 saturated carbocycles. The highest BCUT2D eigenvalue weighted by atomic mass is 16.5. The predicted molar refractivity (Wildman–Crippen MR) is 96.4 cm³/mol. The molecular formula is C21H23NO2. The van der Waals surface area contributed by atoms with Gasteiger partial charge in [0.1, 0.15) is 17.2 Å². The molecule has 3 heteroatoms. The Morgan fingerprint density at radius 2 is 1.75 bits per heavy atom. The van der Waals surface area contributed by atoms with Crippen molar-refractivity contribution < 1.29 is 9.26 Å². The molecule has 0 unspecified atom stereocenters. The maximum atomic E-state index is 5.69. The highest BCUT2D eigenvalue weighted by Crippen LogP contribution is 2.29. The molecule has 1 heterocycles. The zero-order chi connectivity index (χ0) is 16.8. The van der Waals surface area contributed by atoms with Crippen molar-refractivity contribution in [3.63, 3.8) is 0 Å². The molecule has 124 valence electrons. The fraction of sp³-hybridized carbons (Fsp3) is 0.286. The fourth-order valence-corrected chi connectivity index (χ4v) is 2.83. The lowest BCUT2D eigenvalue weighted by Crippen LogP contribution is -1.95. The van der Waals surface area contributed by atoms with Crippen molar-refractivity contribution in [2.45, 2.75) is 32.6 Å². The summed E-state index contributed by atoms with van der Waals surface area (Å²) in [6, 6.07) is 18.4. The minimum Gasteiger partial charge on any atom is -0.497 e. The number of methoxy groups -OCH3 is 1. The van der Waals surface area contributed by atoms with E-state index in [2.05, 4.69) is 36.3 Å². The first kappa shape index (κ1) is 16.3. The first-order chi connectivity index (χ1) is 11.8. The zero-order valence-electron chi connectivity index (χ0n) is 14.3. The van der Waals surface area contributed by atoms with Crippen molar-refractivity contribution in [1.29, 1.82) is 0 Å². The van der Waals surface area contributed by atoms with E-state index in [1.807, 2.05) is 30.3 Å². The van der Waals surface area contributed by atoms with Crippen LogP contribution in [0.4, 0.5) is 0 Å². The van der Waals surface area contributed by atoms with Crippen LogP contribution in [0.2, 0.25) is 0 Å². The van der Waals surface area contributed by atoms with Gasteiger partial charge in [0.25, 0.3) is 0 Å². The summed E-state index contributed by atoms with van der Waals surface area (Å²) >= 11 is 0. The van der Waals surface area contributed by atoms with E-state index in [4.69, 9.17) is 9.26 Å². The molecule has 0 aliphatic heterocycles. The summed E-state index contributed by atoms with van der Waals surface area (Å²) in [5.74, 6) is 1.88. The first-order valence-electron chi connectivity index (χ1n) is 8.47. The number of hydrogen-bond donors (Lipinski definition) is 0. The summed E-state index contributed by atoms with van der Waals surface area (Å²) in [5, 5.41) is 4.37. The van der Waals surface area contributed by atoms with Crippen molar-refractivity contribution in [3.8, 4) is 17.0 Å². The van der Waals surface area contributed by atoms with E-state index in [1.165, 1.54) is 11.1 Å². The minimum absolute atomic E-state index is 0.816. The molecule has 0 saturated heterocycles. The van der Waals surface area contributed by atoms with E-state index >= 15 is 0 Å². The number of unbranched alkanes of at least 4 members (excludes halogenated alkanes) is 1. The third-order valence-corrected chi connectivity index (χ3v) is 4.21. The Morgan fingerprint density at radius 1 is 1.00 bits per heavy atom. The molecule has 0 N–H and O–H groups in total. The number of nitrogens with zero attached hydrogens (tertiary/aromatic N) is 1. The van der Waals surface area contributed by atoms with Crippen LogP contribution >= 0.6 is 0 Å². The molecule has 0 aliphatic carbocycles. The van der Waals surface area contributed by atoms with Crippen LogP contribution in [-0.2, 0) is 12.8 Å². The van der Waals surface area contributed by atoms with Gasteiger partial charge in [-0.3, -0.25) is 0 Å². The fourth-order valence-electron chi connectivity index (χ4n) is 2.83. The average Bonchev–Trinajstić information content (AvgIpc) is 3.04. The number of aromatic nitrogens is 1. The lowest BCUT2D eigenvalue weighted by atomic mass is 9.97. The van der Waals surface area contributed by atoms with Gasteiger partial charge >= 0.3 is 0 Å². The number of aryl methyl sites for hydroxylation is 1. The molecule has 0 atom stereocenters. The Bertz CT molecular complexity index is 760. The van der Waals surface area contributed by atoms with Gasteiger partial charge in [0.05, 0.1) is 7.11 Å². The van der Waals surface area contributed by atoms with E-state index in [-0.39, 0.29) is 0 Å². The quantitative estimate of drug-likeness (QED) is 0.593. The van der Waals surface area contributed by atoms with E-state index in [0.717, 1.165) is 48.5 Å². The number of hydrogen-bond acceptors (Lipinski definition) is 3. The number of rotatable bonds is 7. The van der Waals surface area contributed by atoms with Crippen molar-refractivity contribution in [2.75, 3.05) is 7.11 Å². The van der Waals surface area contributed by atoms with Crippen LogP contribution in [0, 0.1) is 0 Å². The third-order valence-electron chi connectivity index (χ3n) is 4.21. The normalized spacial score (nSPS) is 10.8. The summed E-state index contributed by atoms with van der Waals surface area (Å²) in [5.41, 5.74) is 4.48. The van der Waals surface area contributed by atoms with Gasteiger partial charge in [-0.25, -0.2) is 0 Å². The second-order valence-corrected chi connectivity index (χ2v) is 5.93. The molecule has 3 nitrogen and oxygen atoms in total. The Morgan fingerprint density at radius 3 is 2.42 bits per heavy atom. The third kappa shape index (κ3) is 3.67. The van der Waals surface area contributed by atoms with E-state index in [0.29, 0.717) is 0 Å². The van der Waals surface area contributed by atoms with Crippen molar-refractivity contribution in [1.82, 2.24) is 5.16 Å². The van der Waals surface area contributed by atoms with Crippen LogP contribution in [0.5, 0.6) is 5.75 Å². The second kappa shape index (κ2) is 7.82. The van der Waals surface area contributed by atoms with Gasteiger partial charge in [-0.2, -0.15) is 0 Å². The highest BCUT2D eigenvalue weighted by Gasteiger charge is 2.17. The van der Waals surface area contributed by atoms with Crippen molar-refractivity contribution in [2.24, 2.45) is 0 Å². The Balaban J connectivity index is 1.94. The van der Waals surface area contributed by atoms with E-state index in [1.54, 1.807) is 7.11 Å². The lowest BCUT2D eigenvalue weighted by molar-refractivity contribution is 0.380. The van der Waals surface area contributed by atoms with Crippen molar-refractivity contribution in [3.05, 3.63) is 71.5 Å². The number of ether oxygens (including phenoxy) is 1. The largest absolute Gasteiger partial charge is 0.497 e. The minimum atomic E-state index is 0.816. The maximum Gasteiger partial charge on any atom is 0.140 e. The van der Waals surface area contributed by atoms with Gasteiger partial charge in [-0.05, 0) is 24.1 Å². The summed E-state index contributed by atoms with van der Waals surface area (Å²) in [6.07, 6.45) is 4.00. The molecule has 24 heavy (non-hydrogen) atoms. The molecule has 3 aromatic rings. The molecule has 3 rings (SSSR count). The molecule has 1 aromatic heterocycles. The molecule has 0 spiro atoms. The molecular weight excluding hydrogens is 298 g/mol. The maximum absolute atomic E-state index is 5.69. The van der Waals surface area contributed by atoms with Gasteiger partial charge in [0, 0.05) is 24.0 Å². The molecule has 0 amide bonds. The summed E-state index contributed by atoms with van der Waals surface area (Å²) < 4.78 is 10.9. The second-order valence-electron chi connectivity index (χ2n) is 5.93. The smallest absolute Gasteiger partial charge is 0.140 e. The SMILES string of the molecule is CCCCc1onc(-c2ccccc2)c1Cc1ccc(OC)cc1. The van der Waals surface area contributed by atoms with Gasteiger partial charge in [-0.1, -0.05) is 61.0 Å². The Kier molecular flexibility index (Phi) is 5.32. The summed E-state index contributed by atoms with van der Waals surface area (Å²) in [4.78, 5) is 0. The zero-order valence-corrected chi connectivity index (χ0v) is 14.3. The van der Waals surface area contributed by atoms with Gasteiger partial charge in [0.2, 0.25) is 0 Å². The monoisotopic (exact) mass is 321 g/mol. The van der Waals surface area contributed by atoms with Crippen LogP contribution in [-0.4, -0.2) is 12.3 Å². The lowest BCUT2D eigenvalue weighted by Gasteiger charge is -2.06. The van der Waals surface area contributed by atoms with Crippen LogP contribution < -0.4 is 4.74 Å². The van der Waals surface area contributed by atoms with Crippen LogP contribution in [0.15, 0.2) is 59.1 Å². The Hall–Kier alpha value is -2.55. The Labute approximate surface area is 143 Å². The van der Waals surface area contributed by atoms with E-state index < -0.39 is 0 Å².